The van der Waals surface area contributed by atoms with Crippen LogP contribution in [0.1, 0.15) is 29.8 Å². The molecule has 0 aliphatic carbocycles. The summed E-state index contributed by atoms with van der Waals surface area (Å²) < 4.78 is 38.8. The first kappa shape index (κ1) is 18.0. The van der Waals surface area contributed by atoms with Crippen LogP contribution in [0.15, 0.2) is 24.3 Å². The van der Waals surface area contributed by atoms with Gasteiger partial charge in [-0.2, -0.15) is 13.2 Å². The van der Waals surface area contributed by atoms with Gasteiger partial charge in [0.2, 0.25) is 5.91 Å². The van der Waals surface area contributed by atoms with Crippen LogP contribution in [0.2, 0.25) is 0 Å². The van der Waals surface area contributed by atoms with E-state index < -0.39 is 23.2 Å². The minimum atomic E-state index is -4.62. The van der Waals surface area contributed by atoms with Crippen LogP contribution in [0.4, 0.5) is 13.2 Å². The maximum absolute atomic E-state index is 12.9. The Balaban J connectivity index is 2.95. The zero-order chi connectivity index (χ0) is 16.9. The van der Waals surface area contributed by atoms with Gasteiger partial charge in [0.15, 0.2) is 0 Å². The number of hydrogen-bond donors (Lipinski definition) is 0. The molecule has 1 aromatic carbocycles. The molecule has 1 aromatic rings. The Morgan fingerprint density at radius 3 is 2.14 bits per heavy atom. The van der Waals surface area contributed by atoms with Crippen molar-refractivity contribution in [3.63, 3.8) is 0 Å². The molecular formula is C15H19F3N2O2. The second-order valence-corrected chi connectivity index (χ2v) is 4.77. The predicted molar refractivity (Wildman–Crippen MR) is 76.3 cm³/mol. The molecule has 0 fully saturated rings. The lowest BCUT2D eigenvalue weighted by Gasteiger charge is -2.24. The van der Waals surface area contributed by atoms with Crippen LogP contribution >= 0.6 is 0 Å². The fourth-order valence-corrected chi connectivity index (χ4v) is 2.07. The van der Waals surface area contributed by atoms with Crippen LogP contribution < -0.4 is 0 Å². The van der Waals surface area contributed by atoms with Gasteiger partial charge in [-0.1, -0.05) is 12.1 Å². The highest BCUT2D eigenvalue weighted by Crippen LogP contribution is 2.32. The lowest BCUT2D eigenvalue weighted by atomic mass is 10.1. The first-order valence-electron chi connectivity index (χ1n) is 6.91. The highest BCUT2D eigenvalue weighted by atomic mass is 19.4. The molecule has 0 aliphatic rings. The van der Waals surface area contributed by atoms with Crippen LogP contribution in [0.3, 0.4) is 0 Å². The van der Waals surface area contributed by atoms with E-state index in [0.717, 1.165) is 17.0 Å². The quantitative estimate of drug-likeness (QED) is 0.838. The zero-order valence-corrected chi connectivity index (χ0v) is 12.8. The minimum absolute atomic E-state index is 0.257. The summed E-state index contributed by atoms with van der Waals surface area (Å²) in [4.78, 5) is 26.7. The minimum Gasteiger partial charge on any atom is -0.342 e. The average molecular weight is 316 g/mol. The van der Waals surface area contributed by atoms with E-state index in [4.69, 9.17) is 0 Å². The van der Waals surface area contributed by atoms with Crippen LogP contribution in [0.25, 0.3) is 0 Å². The highest BCUT2D eigenvalue weighted by Gasteiger charge is 2.35. The molecule has 2 amide bonds. The number of alkyl halides is 3. The van der Waals surface area contributed by atoms with Gasteiger partial charge in [0.05, 0.1) is 17.7 Å². The summed E-state index contributed by atoms with van der Waals surface area (Å²) in [7, 11) is 1.32. The second kappa shape index (κ2) is 7.29. The van der Waals surface area contributed by atoms with Gasteiger partial charge in [0.25, 0.3) is 5.91 Å². The van der Waals surface area contributed by atoms with Gasteiger partial charge >= 0.3 is 6.18 Å². The topological polar surface area (TPSA) is 40.6 Å². The van der Waals surface area contributed by atoms with E-state index in [1.54, 1.807) is 13.8 Å². The van der Waals surface area contributed by atoms with Gasteiger partial charge in [0, 0.05) is 20.1 Å². The van der Waals surface area contributed by atoms with Crippen molar-refractivity contribution in [2.45, 2.75) is 20.0 Å². The molecule has 0 saturated heterocycles. The smallest absolute Gasteiger partial charge is 0.342 e. The fraction of sp³-hybridized carbons (Fsp3) is 0.467. The van der Waals surface area contributed by atoms with Crippen molar-refractivity contribution in [1.82, 2.24) is 9.80 Å². The van der Waals surface area contributed by atoms with Gasteiger partial charge in [-0.05, 0) is 26.0 Å². The van der Waals surface area contributed by atoms with Crippen LogP contribution in [0, 0.1) is 0 Å². The van der Waals surface area contributed by atoms with Gasteiger partial charge in [-0.15, -0.1) is 0 Å². The van der Waals surface area contributed by atoms with Crippen LogP contribution in [-0.4, -0.2) is 48.3 Å². The van der Waals surface area contributed by atoms with E-state index >= 15 is 0 Å². The molecule has 0 spiro atoms. The van der Waals surface area contributed by atoms with E-state index in [2.05, 4.69) is 0 Å². The third-order valence-corrected chi connectivity index (χ3v) is 3.30. The van der Waals surface area contributed by atoms with Crippen molar-refractivity contribution in [3.05, 3.63) is 35.4 Å². The van der Waals surface area contributed by atoms with Crippen LogP contribution in [-0.2, 0) is 11.0 Å². The van der Waals surface area contributed by atoms with Gasteiger partial charge in [-0.25, -0.2) is 0 Å². The summed E-state index contributed by atoms with van der Waals surface area (Å²) in [6.07, 6.45) is -4.62. The first-order valence-corrected chi connectivity index (χ1v) is 6.91. The number of halogens is 3. The maximum Gasteiger partial charge on any atom is 0.417 e. The molecule has 0 N–H and O–H groups in total. The van der Waals surface area contributed by atoms with Crippen molar-refractivity contribution in [2.75, 3.05) is 26.7 Å². The molecule has 0 atom stereocenters. The molecule has 122 valence electrons. The van der Waals surface area contributed by atoms with E-state index in [1.807, 2.05) is 0 Å². The van der Waals surface area contributed by atoms with Gasteiger partial charge in [0.1, 0.15) is 0 Å². The zero-order valence-electron chi connectivity index (χ0n) is 12.8. The molecule has 0 heterocycles. The highest BCUT2D eigenvalue weighted by molar-refractivity contribution is 5.97. The number of benzene rings is 1. The van der Waals surface area contributed by atoms with E-state index in [0.29, 0.717) is 13.1 Å². The molecular weight excluding hydrogens is 297 g/mol. The molecule has 0 saturated carbocycles. The van der Waals surface area contributed by atoms with Crippen molar-refractivity contribution >= 4 is 11.8 Å². The number of carbonyl (C=O) groups is 2. The molecule has 1 rings (SSSR count). The predicted octanol–water partition coefficient (Wildman–Crippen LogP) is 2.65. The molecule has 0 unspecified atom stereocenters. The Morgan fingerprint density at radius 2 is 1.64 bits per heavy atom. The van der Waals surface area contributed by atoms with Crippen LogP contribution in [0.5, 0.6) is 0 Å². The Hall–Kier alpha value is -2.05. The number of carbonyl (C=O) groups excluding carboxylic acids is 2. The number of amides is 2. The largest absolute Gasteiger partial charge is 0.417 e. The molecule has 0 radical (unpaired) electrons. The number of nitrogens with zero attached hydrogens (tertiary/aromatic N) is 2. The number of rotatable bonds is 5. The van der Waals surface area contributed by atoms with Crippen molar-refractivity contribution < 1.29 is 22.8 Å². The third kappa shape index (κ3) is 4.22. The van der Waals surface area contributed by atoms with E-state index in [1.165, 1.54) is 24.1 Å². The molecule has 7 heteroatoms. The van der Waals surface area contributed by atoms with E-state index in [-0.39, 0.29) is 12.5 Å². The Morgan fingerprint density at radius 1 is 1.09 bits per heavy atom. The summed E-state index contributed by atoms with van der Waals surface area (Å²) in [6.45, 7) is 4.30. The SMILES string of the molecule is CCN(CC)C(=O)CN(C)C(=O)c1ccccc1C(F)(F)F. The lowest BCUT2D eigenvalue weighted by Crippen LogP contribution is -2.41. The Labute approximate surface area is 127 Å². The first-order chi connectivity index (χ1) is 10.2. The summed E-state index contributed by atoms with van der Waals surface area (Å²) in [5, 5.41) is 0. The molecule has 0 aromatic heterocycles. The fourth-order valence-electron chi connectivity index (χ4n) is 2.07. The number of likely N-dealkylation sites (N-methyl/N-ethyl adjacent to an activating group) is 2. The average Bonchev–Trinajstić information content (AvgIpc) is 2.46. The van der Waals surface area contributed by atoms with Gasteiger partial charge in [-0.3, -0.25) is 9.59 Å². The summed E-state index contributed by atoms with van der Waals surface area (Å²) in [5.41, 5.74) is -1.45. The summed E-state index contributed by atoms with van der Waals surface area (Å²) in [5.74, 6) is -1.13. The lowest BCUT2D eigenvalue weighted by molar-refractivity contribution is -0.138. The standard InChI is InChI=1S/C15H19F3N2O2/c1-4-20(5-2)13(21)10-19(3)14(22)11-8-6-7-9-12(11)15(16,17)18/h6-9H,4-5,10H2,1-3H3. The monoisotopic (exact) mass is 316 g/mol. The normalized spacial score (nSPS) is 11.2. The molecule has 22 heavy (non-hydrogen) atoms. The second-order valence-electron chi connectivity index (χ2n) is 4.77. The summed E-state index contributed by atoms with van der Waals surface area (Å²) >= 11 is 0. The van der Waals surface area contributed by atoms with Gasteiger partial charge < -0.3 is 9.80 Å². The number of hydrogen-bond acceptors (Lipinski definition) is 2. The Bertz CT molecular complexity index is 540. The maximum atomic E-state index is 12.9. The van der Waals surface area contributed by atoms with Crippen molar-refractivity contribution in [1.29, 1.82) is 0 Å². The molecule has 4 nitrogen and oxygen atoms in total. The third-order valence-electron chi connectivity index (χ3n) is 3.30. The van der Waals surface area contributed by atoms with Crippen molar-refractivity contribution in [2.24, 2.45) is 0 Å². The molecule has 0 bridgehead atoms. The Kier molecular flexibility index (Phi) is 5.96. The van der Waals surface area contributed by atoms with E-state index in [9.17, 15) is 22.8 Å². The van der Waals surface area contributed by atoms with Crippen molar-refractivity contribution in [3.8, 4) is 0 Å². The summed E-state index contributed by atoms with van der Waals surface area (Å²) in [6, 6.07) is 4.56. The molecule has 0 aliphatic heterocycles.